The molecule has 17 heavy (non-hydrogen) atoms. The van der Waals surface area contributed by atoms with Crippen LogP contribution in [0.25, 0.3) is 0 Å². The minimum atomic E-state index is -3.78. The number of hydrogen-bond acceptors (Lipinski definition) is 5. The number of carboxylic acid groups (broad SMARTS) is 1. The predicted octanol–water partition coefficient (Wildman–Crippen LogP) is 0.414. The van der Waals surface area contributed by atoms with Crippen LogP contribution in [0, 0.1) is 6.92 Å². The second-order valence-electron chi connectivity index (χ2n) is 3.54. The average Bonchev–Trinajstić information content (AvgIpc) is 2.60. The van der Waals surface area contributed by atoms with E-state index >= 15 is 0 Å². The Morgan fingerprint density at radius 1 is 1.59 bits per heavy atom. The van der Waals surface area contributed by atoms with Gasteiger partial charge < -0.3 is 10.2 Å². The van der Waals surface area contributed by atoms with Crippen LogP contribution >= 0.6 is 11.3 Å². The number of aromatic carboxylic acids is 1. The van der Waals surface area contributed by atoms with Crippen LogP contribution < -0.4 is 4.72 Å². The van der Waals surface area contributed by atoms with E-state index in [0.717, 1.165) is 17.4 Å². The molecule has 0 saturated heterocycles. The molecular formula is C9H13NO5S2. The van der Waals surface area contributed by atoms with Crippen molar-refractivity contribution in [2.75, 3.05) is 6.61 Å². The maximum absolute atomic E-state index is 11.8. The van der Waals surface area contributed by atoms with Gasteiger partial charge in [-0.2, -0.15) is 0 Å². The molecule has 3 N–H and O–H groups in total. The van der Waals surface area contributed by atoms with Crippen molar-refractivity contribution in [3.8, 4) is 0 Å². The first-order chi connectivity index (χ1) is 7.77. The second-order valence-corrected chi connectivity index (χ2v) is 6.48. The molecule has 0 aliphatic carbocycles. The largest absolute Gasteiger partial charge is 0.477 e. The van der Waals surface area contributed by atoms with Crippen molar-refractivity contribution in [3.05, 3.63) is 15.8 Å². The number of nitrogens with one attached hydrogen (secondary N) is 1. The summed E-state index contributed by atoms with van der Waals surface area (Å²) in [6, 6.07) is 0.502. The summed E-state index contributed by atoms with van der Waals surface area (Å²) in [6.07, 6.45) is 0. The summed E-state index contributed by atoms with van der Waals surface area (Å²) in [5.41, 5.74) is 0. The molecule has 8 heteroatoms. The number of aliphatic hydroxyl groups is 1. The Kier molecular flexibility index (Phi) is 4.26. The van der Waals surface area contributed by atoms with Gasteiger partial charge in [0.25, 0.3) is 0 Å². The molecule has 0 aliphatic rings. The number of thiophene rings is 1. The van der Waals surface area contributed by atoms with E-state index in [4.69, 9.17) is 10.2 Å². The van der Waals surface area contributed by atoms with E-state index in [-0.39, 0.29) is 16.4 Å². The van der Waals surface area contributed by atoms with Gasteiger partial charge in [-0.15, -0.1) is 11.3 Å². The number of carboxylic acids is 1. The Hall–Kier alpha value is -0.960. The molecule has 0 aliphatic heterocycles. The third-order valence-electron chi connectivity index (χ3n) is 2.00. The highest BCUT2D eigenvalue weighted by Crippen LogP contribution is 2.25. The van der Waals surface area contributed by atoms with Crippen molar-refractivity contribution in [1.29, 1.82) is 0 Å². The minimum Gasteiger partial charge on any atom is -0.477 e. The summed E-state index contributed by atoms with van der Waals surface area (Å²) in [5.74, 6) is -1.16. The SMILES string of the molecule is Cc1sc(C(=O)O)cc1S(=O)(=O)N[C@H](C)CO. The molecule has 1 rings (SSSR count). The lowest BCUT2D eigenvalue weighted by Crippen LogP contribution is -2.35. The van der Waals surface area contributed by atoms with Crippen LogP contribution in [0.3, 0.4) is 0 Å². The van der Waals surface area contributed by atoms with Crippen molar-refractivity contribution in [2.24, 2.45) is 0 Å². The number of aryl methyl sites for hydroxylation is 1. The minimum absolute atomic E-state index is 0.0282. The van der Waals surface area contributed by atoms with Gasteiger partial charge in [-0.25, -0.2) is 17.9 Å². The molecule has 0 aromatic carbocycles. The smallest absolute Gasteiger partial charge is 0.345 e. The van der Waals surface area contributed by atoms with E-state index in [1.54, 1.807) is 0 Å². The van der Waals surface area contributed by atoms with Gasteiger partial charge >= 0.3 is 5.97 Å². The van der Waals surface area contributed by atoms with E-state index < -0.39 is 22.0 Å². The van der Waals surface area contributed by atoms with Gasteiger partial charge in [0.05, 0.1) is 11.5 Å². The molecule has 0 amide bonds. The quantitative estimate of drug-likeness (QED) is 0.724. The highest BCUT2D eigenvalue weighted by atomic mass is 32.2. The standard InChI is InChI=1S/C9H13NO5S2/c1-5(4-11)10-17(14,15)8-3-7(9(12)13)16-6(8)2/h3,5,10-11H,4H2,1-2H3,(H,12,13)/t5-/m1/s1. The molecule has 0 saturated carbocycles. The lowest BCUT2D eigenvalue weighted by molar-refractivity contribution is 0.0702. The number of rotatable bonds is 5. The van der Waals surface area contributed by atoms with Crippen LogP contribution in [0.2, 0.25) is 0 Å². The summed E-state index contributed by atoms with van der Waals surface area (Å²) in [5, 5.41) is 17.6. The molecule has 1 aromatic rings. The summed E-state index contributed by atoms with van der Waals surface area (Å²) < 4.78 is 26.0. The summed E-state index contributed by atoms with van der Waals surface area (Å²) in [6.45, 7) is 2.72. The summed E-state index contributed by atoms with van der Waals surface area (Å²) in [4.78, 5) is 11.0. The van der Waals surface area contributed by atoms with Crippen molar-refractivity contribution in [2.45, 2.75) is 24.8 Å². The number of aliphatic hydroxyl groups excluding tert-OH is 1. The van der Waals surface area contributed by atoms with Gasteiger partial charge in [0.2, 0.25) is 10.0 Å². The molecule has 0 radical (unpaired) electrons. The van der Waals surface area contributed by atoms with Crippen LogP contribution in [0.1, 0.15) is 21.5 Å². The Morgan fingerprint density at radius 3 is 2.59 bits per heavy atom. The van der Waals surface area contributed by atoms with Crippen molar-refractivity contribution in [3.63, 3.8) is 0 Å². The van der Waals surface area contributed by atoms with Gasteiger partial charge in [0.1, 0.15) is 4.88 Å². The molecule has 1 aromatic heterocycles. The molecule has 96 valence electrons. The Morgan fingerprint density at radius 2 is 2.18 bits per heavy atom. The van der Waals surface area contributed by atoms with Gasteiger partial charge in [-0.1, -0.05) is 0 Å². The zero-order valence-corrected chi connectivity index (χ0v) is 10.9. The topological polar surface area (TPSA) is 104 Å². The van der Waals surface area contributed by atoms with Gasteiger partial charge in [-0.05, 0) is 19.9 Å². The van der Waals surface area contributed by atoms with Gasteiger partial charge in [0.15, 0.2) is 0 Å². The molecule has 1 atom stereocenters. The van der Waals surface area contributed by atoms with E-state index in [1.807, 2.05) is 0 Å². The first-order valence-electron chi connectivity index (χ1n) is 4.75. The first-order valence-corrected chi connectivity index (χ1v) is 7.05. The van der Waals surface area contributed by atoms with Crippen LogP contribution in [0.5, 0.6) is 0 Å². The zero-order valence-electron chi connectivity index (χ0n) is 9.30. The Labute approximate surface area is 103 Å². The highest BCUT2D eigenvalue weighted by Gasteiger charge is 2.23. The lowest BCUT2D eigenvalue weighted by Gasteiger charge is -2.10. The van der Waals surface area contributed by atoms with E-state index in [2.05, 4.69) is 4.72 Å². The average molecular weight is 279 g/mol. The van der Waals surface area contributed by atoms with Crippen molar-refractivity contribution in [1.82, 2.24) is 4.72 Å². The third kappa shape index (κ3) is 3.25. The number of carbonyl (C=O) groups is 1. The molecule has 0 spiro atoms. The molecule has 0 unspecified atom stereocenters. The maximum atomic E-state index is 11.8. The maximum Gasteiger partial charge on any atom is 0.345 e. The normalized spacial score (nSPS) is 13.6. The highest BCUT2D eigenvalue weighted by molar-refractivity contribution is 7.89. The summed E-state index contributed by atoms with van der Waals surface area (Å²) >= 11 is 0.903. The number of sulfonamides is 1. The van der Waals surface area contributed by atoms with Crippen LogP contribution in [-0.2, 0) is 10.0 Å². The first kappa shape index (κ1) is 14.1. The third-order valence-corrected chi connectivity index (χ3v) is 4.89. The van der Waals surface area contributed by atoms with Crippen LogP contribution in [-0.4, -0.2) is 37.2 Å². The van der Waals surface area contributed by atoms with Gasteiger partial charge in [-0.3, -0.25) is 0 Å². The molecule has 0 fully saturated rings. The summed E-state index contributed by atoms with van der Waals surface area (Å²) in [7, 11) is -3.78. The van der Waals surface area contributed by atoms with Crippen LogP contribution in [0.4, 0.5) is 0 Å². The van der Waals surface area contributed by atoms with E-state index in [9.17, 15) is 13.2 Å². The van der Waals surface area contributed by atoms with E-state index in [0.29, 0.717) is 4.88 Å². The number of hydrogen-bond donors (Lipinski definition) is 3. The second kappa shape index (κ2) is 5.13. The molecular weight excluding hydrogens is 266 g/mol. The Balaban J connectivity index is 3.11. The van der Waals surface area contributed by atoms with Crippen molar-refractivity contribution >= 4 is 27.3 Å². The monoisotopic (exact) mass is 279 g/mol. The lowest BCUT2D eigenvalue weighted by atomic mass is 10.4. The molecule has 0 bridgehead atoms. The van der Waals surface area contributed by atoms with Gasteiger partial charge in [0, 0.05) is 10.9 Å². The fourth-order valence-electron chi connectivity index (χ4n) is 1.20. The molecule has 1 heterocycles. The van der Waals surface area contributed by atoms with Crippen molar-refractivity contribution < 1.29 is 23.4 Å². The van der Waals surface area contributed by atoms with E-state index in [1.165, 1.54) is 13.8 Å². The fraction of sp³-hybridized carbons (Fsp3) is 0.444. The fourth-order valence-corrected chi connectivity index (χ4v) is 3.87. The molecule has 6 nitrogen and oxygen atoms in total. The van der Waals surface area contributed by atoms with Crippen LogP contribution in [0.15, 0.2) is 11.0 Å². The predicted molar refractivity (Wildman–Crippen MR) is 62.9 cm³/mol. The zero-order chi connectivity index (χ0) is 13.2. The Bertz CT molecular complexity index is 519.